The van der Waals surface area contributed by atoms with Gasteiger partial charge in [0.05, 0.1) is 16.9 Å². The maximum Gasteiger partial charge on any atom is 0.259 e. The molecule has 158 valence electrons. The van der Waals surface area contributed by atoms with Crippen LogP contribution in [0, 0.1) is 0 Å². The number of nitrogens with one attached hydrogen (secondary N) is 1. The van der Waals surface area contributed by atoms with Gasteiger partial charge in [0.2, 0.25) is 5.91 Å². The number of aromatic amines is 1. The molecule has 1 amide bonds. The molecule has 1 aromatic carbocycles. The molecule has 0 aliphatic heterocycles. The van der Waals surface area contributed by atoms with Crippen molar-refractivity contribution in [2.24, 2.45) is 0 Å². The van der Waals surface area contributed by atoms with Crippen molar-refractivity contribution in [2.75, 3.05) is 5.75 Å². The molecule has 0 radical (unpaired) electrons. The normalized spacial score (nSPS) is 14.1. The molecule has 2 aromatic heterocycles. The van der Waals surface area contributed by atoms with Crippen molar-refractivity contribution < 1.29 is 4.79 Å². The van der Waals surface area contributed by atoms with Crippen LogP contribution < -0.4 is 5.56 Å². The largest absolute Gasteiger partial charge is 0.335 e. The van der Waals surface area contributed by atoms with Gasteiger partial charge in [0, 0.05) is 17.5 Å². The molecule has 0 bridgehead atoms. The van der Waals surface area contributed by atoms with E-state index in [4.69, 9.17) is 0 Å². The highest BCUT2D eigenvalue weighted by Crippen LogP contribution is 2.34. The fourth-order valence-electron chi connectivity index (χ4n) is 3.92. The number of hydrogen-bond acceptors (Lipinski definition) is 5. The highest BCUT2D eigenvalue weighted by Gasteiger charge is 2.22. The van der Waals surface area contributed by atoms with Gasteiger partial charge in [-0.25, -0.2) is 4.98 Å². The number of rotatable bonds is 8. The summed E-state index contributed by atoms with van der Waals surface area (Å²) in [6, 6.07) is 10.3. The lowest BCUT2D eigenvalue weighted by molar-refractivity contribution is -0.131. The highest BCUT2D eigenvalue weighted by molar-refractivity contribution is 7.99. The average molecular weight is 442 g/mol. The summed E-state index contributed by atoms with van der Waals surface area (Å²) in [5.74, 6) is 1.68. The van der Waals surface area contributed by atoms with E-state index in [1.54, 1.807) is 11.3 Å². The van der Waals surface area contributed by atoms with Crippen molar-refractivity contribution in [3.8, 4) is 0 Å². The second kappa shape index (κ2) is 9.35. The van der Waals surface area contributed by atoms with Gasteiger partial charge >= 0.3 is 0 Å². The quantitative estimate of drug-likeness (QED) is 0.558. The number of aryl methyl sites for hydroxylation is 2. The molecule has 1 unspecified atom stereocenters. The highest BCUT2D eigenvalue weighted by atomic mass is 32.2. The summed E-state index contributed by atoms with van der Waals surface area (Å²) in [7, 11) is 0. The number of benzene rings is 1. The number of fused-ring (bicyclic) bond motifs is 3. The first kappa shape index (κ1) is 21.1. The molecule has 1 atom stereocenters. The molecule has 0 saturated carbocycles. The molecule has 1 aliphatic carbocycles. The number of carbonyl (C=O) groups excluding carboxylic acids is 1. The van der Waals surface area contributed by atoms with Gasteiger partial charge in [-0.1, -0.05) is 37.3 Å². The molecular weight excluding hydrogens is 414 g/mol. The number of amides is 1. The van der Waals surface area contributed by atoms with E-state index in [0.717, 1.165) is 41.5 Å². The predicted molar refractivity (Wildman–Crippen MR) is 125 cm³/mol. The number of carbonyl (C=O) groups is 1. The van der Waals surface area contributed by atoms with Gasteiger partial charge < -0.3 is 9.88 Å². The Morgan fingerprint density at radius 3 is 2.87 bits per heavy atom. The summed E-state index contributed by atoms with van der Waals surface area (Å²) < 4.78 is 0. The standard InChI is InChI=1S/C23H27N3O2S2/c1-3-15(2)26(12-16-8-5-4-6-9-16)20(27)14-29-13-19-24-22(28)21-17-10-7-11-18(17)30-23(21)25-19/h4-6,8-9,15H,3,7,10-14H2,1-2H3,(H,24,25,28). The van der Waals surface area contributed by atoms with Crippen LogP contribution in [0.3, 0.4) is 0 Å². The monoisotopic (exact) mass is 441 g/mol. The van der Waals surface area contributed by atoms with Crippen LogP contribution in [0.5, 0.6) is 0 Å². The molecular formula is C23H27N3O2S2. The molecule has 0 spiro atoms. The summed E-state index contributed by atoms with van der Waals surface area (Å²) in [5.41, 5.74) is 2.30. The Bertz CT molecular complexity index is 1090. The van der Waals surface area contributed by atoms with E-state index in [9.17, 15) is 9.59 Å². The molecule has 5 nitrogen and oxygen atoms in total. The van der Waals surface area contributed by atoms with E-state index in [-0.39, 0.29) is 17.5 Å². The number of hydrogen-bond donors (Lipinski definition) is 1. The van der Waals surface area contributed by atoms with Crippen LogP contribution >= 0.6 is 23.1 Å². The smallest absolute Gasteiger partial charge is 0.259 e. The SMILES string of the molecule is CCC(C)N(Cc1ccccc1)C(=O)CSCc1nc2sc3c(c2c(=O)[nH]1)CCC3. The van der Waals surface area contributed by atoms with Crippen molar-refractivity contribution >= 4 is 39.2 Å². The first-order valence-corrected chi connectivity index (χ1v) is 12.5. The van der Waals surface area contributed by atoms with Crippen LogP contribution in [0.2, 0.25) is 0 Å². The third-order valence-electron chi connectivity index (χ3n) is 5.73. The molecule has 3 aromatic rings. The lowest BCUT2D eigenvalue weighted by Crippen LogP contribution is -2.38. The van der Waals surface area contributed by atoms with E-state index in [1.165, 1.54) is 22.2 Å². The van der Waals surface area contributed by atoms with Gasteiger partial charge in [0.1, 0.15) is 10.7 Å². The molecule has 0 fully saturated rings. The third-order valence-corrected chi connectivity index (χ3v) is 7.84. The Morgan fingerprint density at radius 2 is 2.10 bits per heavy atom. The van der Waals surface area contributed by atoms with Crippen molar-refractivity contribution in [2.45, 2.75) is 57.9 Å². The van der Waals surface area contributed by atoms with E-state index >= 15 is 0 Å². The second-order valence-electron chi connectivity index (χ2n) is 7.81. The molecule has 1 aliphatic rings. The van der Waals surface area contributed by atoms with Gasteiger partial charge in [0.25, 0.3) is 5.56 Å². The number of nitrogens with zero attached hydrogens (tertiary/aromatic N) is 2. The number of thioether (sulfide) groups is 1. The van der Waals surface area contributed by atoms with E-state index in [2.05, 4.69) is 35.9 Å². The van der Waals surface area contributed by atoms with Gasteiger partial charge in [-0.05, 0) is 43.7 Å². The van der Waals surface area contributed by atoms with E-state index in [1.807, 2.05) is 23.1 Å². The van der Waals surface area contributed by atoms with Gasteiger partial charge in [-0.3, -0.25) is 9.59 Å². The Balaban J connectivity index is 1.41. The Morgan fingerprint density at radius 1 is 1.30 bits per heavy atom. The fourth-order valence-corrected chi connectivity index (χ4v) is 5.98. The van der Waals surface area contributed by atoms with Crippen LogP contribution in [0.15, 0.2) is 35.1 Å². The Kier molecular flexibility index (Phi) is 6.58. The van der Waals surface area contributed by atoms with Gasteiger partial charge in [0.15, 0.2) is 0 Å². The summed E-state index contributed by atoms with van der Waals surface area (Å²) >= 11 is 3.16. The van der Waals surface area contributed by atoms with E-state index in [0.29, 0.717) is 23.9 Å². The minimum Gasteiger partial charge on any atom is -0.335 e. The summed E-state index contributed by atoms with van der Waals surface area (Å²) in [5, 5.41) is 0.781. The lowest BCUT2D eigenvalue weighted by Gasteiger charge is -2.28. The first-order valence-electron chi connectivity index (χ1n) is 10.5. The number of H-pyrrole nitrogens is 1. The van der Waals surface area contributed by atoms with Crippen molar-refractivity contribution in [3.63, 3.8) is 0 Å². The molecule has 0 saturated heterocycles. The van der Waals surface area contributed by atoms with Crippen molar-refractivity contribution in [1.29, 1.82) is 0 Å². The predicted octanol–water partition coefficient (Wildman–Crippen LogP) is 4.53. The molecule has 1 N–H and O–H groups in total. The fraction of sp³-hybridized carbons (Fsp3) is 0.435. The Hall–Kier alpha value is -2.12. The van der Waals surface area contributed by atoms with Crippen LogP contribution in [0.1, 0.15) is 48.5 Å². The lowest BCUT2D eigenvalue weighted by atomic mass is 10.1. The van der Waals surface area contributed by atoms with Crippen molar-refractivity contribution in [3.05, 3.63) is 62.5 Å². The maximum atomic E-state index is 12.9. The summed E-state index contributed by atoms with van der Waals surface area (Å²) in [4.78, 5) is 37.2. The maximum absolute atomic E-state index is 12.9. The zero-order valence-corrected chi connectivity index (χ0v) is 19.1. The minimum absolute atomic E-state index is 0.0355. The van der Waals surface area contributed by atoms with Crippen molar-refractivity contribution in [1.82, 2.24) is 14.9 Å². The zero-order chi connectivity index (χ0) is 21.1. The number of aromatic nitrogens is 2. The molecule has 2 heterocycles. The summed E-state index contributed by atoms with van der Waals surface area (Å²) in [6.07, 6.45) is 4.08. The number of thiophene rings is 1. The molecule has 7 heteroatoms. The van der Waals surface area contributed by atoms with Crippen LogP contribution in [-0.2, 0) is 29.9 Å². The van der Waals surface area contributed by atoms with Crippen LogP contribution in [-0.4, -0.2) is 32.6 Å². The van der Waals surface area contributed by atoms with Gasteiger partial charge in [-0.2, -0.15) is 0 Å². The van der Waals surface area contributed by atoms with E-state index < -0.39 is 0 Å². The molecule has 4 rings (SSSR count). The zero-order valence-electron chi connectivity index (χ0n) is 17.4. The summed E-state index contributed by atoms with van der Waals surface area (Å²) in [6.45, 7) is 4.82. The topological polar surface area (TPSA) is 66.1 Å². The van der Waals surface area contributed by atoms with Crippen LogP contribution in [0.25, 0.3) is 10.2 Å². The first-order chi connectivity index (χ1) is 14.6. The average Bonchev–Trinajstić information content (AvgIpc) is 3.33. The van der Waals surface area contributed by atoms with Gasteiger partial charge in [-0.15, -0.1) is 23.1 Å². The third kappa shape index (κ3) is 4.47. The second-order valence-corrected chi connectivity index (χ2v) is 9.88. The minimum atomic E-state index is -0.0355. The molecule has 30 heavy (non-hydrogen) atoms. The van der Waals surface area contributed by atoms with Crippen LogP contribution in [0.4, 0.5) is 0 Å². The Labute approximate surface area is 184 Å².